The summed E-state index contributed by atoms with van der Waals surface area (Å²) in [7, 11) is 0. The van der Waals surface area contributed by atoms with Crippen molar-refractivity contribution in [3.63, 3.8) is 0 Å². The number of benzene rings is 2. The van der Waals surface area contributed by atoms with E-state index in [1.54, 1.807) is 12.1 Å². The lowest BCUT2D eigenvalue weighted by Gasteiger charge is -2.07. The Morgan fingerprint density at radius 1 is 1.16 bits per heavy atom. The van der Waals surface area contributed by atoms with Crippen molar-refractivity contribution in [3.05, 3.63) is 69.8 Å². The van der Waals surface area contributed by atoms with Gasteiger partial charge in [-0.1, -0.05) is 12.1 Å². The fraction of sp³-hybridized carbons (Fsp3) is 0.0769. The van der Waals surface area contributed by atoms with Crippen molar-refractivity contribution < 1.29 is 13.7 Å². The van der Waals surface area contributed by atoms with Crippen LogP contribution in [0.1, 0.15) is 5.56 Å². The summed E-state index contributed by atoms with van der Waals surface area (Å²) in [6, 6.07) is 9.20. The monoisotopic (exact) mass is 264 g/mol. The third-order valence-corrected chi connectivity index (χ3v) is 2.54. The van der Waals surface area contributed by atoms with Gasteiger partial charge >= 0.3 is 0 Å². The first-order valence-electron chi connectivity index (χ1n) is 5.48. The molecule has 0 aliphatic rings. The molecule has 2 aromatic rings. The number of halogens is 2. The van der Waals surface area contributed by atoms with E-state index >= 15 is 0 Å². The minimum absolute atomic E-state index is 0.0288. The van der Waals surface area contributed by atoms with Gasteiger partial charge in [-0.05, 0) is 17.7 Å². The molecule has 4 nitrogen and oxygen atoms in total. The number of nitro groups is 1. The highest BCUT2D eigenvalue weighted by atomic mass is 19.1. The molecule has 0 atom stereocenters. The summed E-state index contributed by atoms with van der Waals surface area (Å²) in [4.78, 5) is 10.1. The van der Waals surface area contributed by atoms with Crippen LogP contribution < -0.4 is 5.32 Å². The van der Waals surface area contributed by atoms with E-state index in [4.69, 9.17) is 0 Å². The minimum atomic E-state index is -0.703. The Morgan fingerprint density at radius 3 is 2.63 bits per heavy atom. The molecule has 0 aromatic heterocycles. The van der Waals surface area contributed by atoms with Crippen LogP contribution in [0.2, 0.25) is 0 Å². The topological polar surface area (TPSA) is 55.2 Å². The lowest BCUT2D eigenvalue weighted by atomic mass is 10.2. The van der Waals surface area contributed by atoms with Crippen molar-refractivity contribution in [2.45, 2.75) is 6.54 Å². The van der Waals surface area contributed by atoms with Crippen LogP contribution in [0, 0.1) is 21.7 Å². The van der Waals surface area contributed by atoms with E-state index in [1.165, 1.54) is 18.2 Å². The van der Waals surface area contributed by atoms with Gasteiger partial charge in [0.15, 0.2) is 0 Å². The summed E-state index contributed by atoms with van der Waals surface area (Å²) >= 11 is 0. The van der Waals surface area contributed by atoms with E-state index in [0.29, 0.717) is 5.56 Å². The van der Waals surface area contributed by atoms with E-state index in [1.807, 2.05) is 0 Å². The minimum Gasteiger partial charge on any atom is -0.379 e. The average Bonchev–Trinajstić information content (AvgIpc) is 2.38. The van der Waals surface area contributed by atoms with Gasteiger partial charge in [0.25, 0.3) is 5.69 Å². The summed E-state index contributed by atoms with van der Waals surface area (Å²) < 4.78 is 26.1. The quantitative estimate of drug-likeness (QED) is 0.679. The predicted molar refractivity (Wildman–Crippen MR) is 66.8 cm³/mol. The van der Waals surface area contributed by atoms with Crippen LogP contribution in [0.15, 0.2) is 42.5 Å². The molecule has 98 valence electrons. The van der Waals surface area contributed by atoms with Crippen LogP contribution >= 0.6 is 0 Å². The van der Waals surface area contributed by atoms with Crippen LogP contribution in [0.5, 0.6) is 0 Å². The fourth-order valence-electron chi connectivity index (χ4n) is 1.61. The van der Waals surface area contributed by atoms with Gasteiger partial charge < -0.3 is 5.32 Å². The Bertz CT molecular complexity index is 617. The van der Waals surface area contributed by atoms with Gasteiger partial charge in [-0.3, -0.25) is 10.1 Å². The maximum atomic E-state index is 13.3. The van der Waals surface area contributed by atoms with Crippen molar-refractivity contribution in [2.75, 3.05) is 5.32 Å². The Morgan fingerprint density at radius 2 is 1.95 bits per heavy atom. The fourth-order valence-corrected chi connectivity index (χ4v) is 1.61. The first kappa shape index (κ1) is 12.9. The molecule has 0 amide bonds. The van der Waals surface area contributed by atoms with E-state index in [9.17, 15) is 18.9 Å². The SMILES string of the molecule is O=[N+]([O-])c1cccc(CNc2ccc(F)cc2F)c1. The summed E-state index contributed by atoms with van der Waals surface area (Å²) in [6.07, 6.45) is 0. The Labute approximate surface area is 107 Å². The largest absolute Gasteiger partial charge is 0.379 e. The molecule has 0 spiro atoms. The predicted octanol–water partition coefficient (Wildman–Crippen LogP) is 3.49. The Hall–Kier alpha value is -2.50. The molecule has 6 heteroatoms. The molecule has 1 N–H and O–H groups in total. The van der Waals surface area contributed by atoms with E-state index < -0.39 is 16.6 Å². The molecular formula is C13H10F2N2O2. The number of hydrogen-bond acceptors (Lipinski definition) is 3. The van der Waals surface area contributed by atoms with Crippen molar-refractivity contribution in [3.8, 4) is 0 Å². The molecule has 2 rings (SSSR count). The third kappa shape index (κ3) is 3.25. The zero-order valence-corrected chi connectivity index (χ0v) is 9.77. The van der Waals surface area contributed by atoms with Gasteiger partial charge in [-0.25, -0.2) is 8.78 Å². The molecule has 2 aromatic carbocycles. The molecule has 0 unspecified atom stereocenters. The highest BCUT2D eigenvalue weighted by Gasteiger charge is 2.07. The second kappa shape index (κ2) is 5.43. The standard InChI is InChI=1S/C13H10F2N2O2/c14-10-4-5-13(12(15)7-10)16-8-9-2-1-3-11(6-9)17(18)19/h1-7,16H,8H2. The van der Waals surface area contributed by atoms with Crippen molar-refractivity contribution in [2.24, 2.45) is 0 Å². The number of nitrogens with one attached hydrogen (secondary N) is 1. The highest BCUT2D eigenvalue weighted by Crippen LogP contribution is 2.18. The molecule has 19 heavy (non-hydrogen) atoms. The lowest BCUT2D eigenvalue weighted by Crippen LogP contribution is -2.02. The average molecular weight is 264 g/mol. The van der Waals surface area contributed by atoms with Gasteiger partial charge in [0.2, 0.25) is 0 Å². The molecule has 0 radical (unpaired) electrons. The smallest absolute Gasteiger partial charge is 0.269 e. The zero-order valence-electron chi connectivity index (χ0n) is 9.77. The van der Waals surface area contributed by atoms with Gasteiger partial charge in [0.1, 0.15) is 11.6 Å². The van der Waals surface area contributed by atoms with Gasteiger partial charge in [0, 0.05) is 24.7 Å². The number of rotatable bonds is 4. The normalized spacial score (nSPS) is 10.2. The molecule has 0 saturated carbocycles. The first-order chi connectivity index (χ1) is 9.06. The number of hydrogen-bond donors (Lipinski definition) is 1. The van der Waals surface area contributed by atoms with Crippen LogP contribution in [0.25, 0.3) is 0 Å². The van der Waals surface area contributed by atoms with Crippen LogP contribution in [0.3, 0.4) is 0 Å². The van der Waals surface area contributed by atoms with E-state index in [0.717, 1.165) is 12.1 Å². The first-order valence-corrected chi connectivity index (χ1v) is 5.48. The maximum absolute atomic E-state index is 13.3. The molecular weight excluding hydrogens is 254 g/mol. The molecule has 0 aliphatic carbocycles. The summed E-state index contributed by atoms with van der Waals surface area (Å²) in [5.41, 5.74) is 0.754. The van der Waals surface area contributed by atoms with Gasteiger partial charge in [-0.15, -0.1) is 0 Å². The Balaban J connectivity index is 2.10. The van der Waals surface area contributed by atoms with Gasteiger partial charge in [0.05, 0.1) is 10.6 Å². The molecule has 0 bridgehead atoms. The van der Waals surface area contributed by atoms with Crippen molar-refractivity contribution >= 4 is 11.4 Å². The second-order valence-electron chi connectivity index (χ2n) is 3.90. The number of nitrogens with zero attached hydrogens (tertiary/aromatic N) is 1. The number of non-ortho nitro benzene ring substituents is 1. The van der Waals surface area contributed by atoms with Crippen molar-refractivity contribution in [1.29, 1.82) is 0 Å². The van der Waals surface area contributed by atoms with Crippen molar-refractivity contribution in [1.82, 2.24) is 0 Å². The maximum Gasteiger partial charge on any atom is 0.269 e. The van der Waals surface area contributed by atoms with E-state index in [2.05, 4.69) is 5.32 Å². The van der Waals surface area contributed by atoms with Crippen LogP contribution in [0.4, 0.5) is 20.2 Å². The van der Waals surface area contributed by atoms with Gasteiger partial charge in [-0.2, -0.15) is 0 Å². The zero-order chi connectivity index (χ0) is 13.8. The van der Waals surface area contributed by atoms with Crippen LogP contribution in [-0.2, 0) is 6.54 Å². The van der Waals surface area contributed by atoms with Crippen LogP contribution in [-0.4, -0.2) is 4.92 Å². The molecule has 0 fully saturated rings. The number of anilines is 1. The molecule has 0 heterocycles. The molecule has 0 aliphatic heterocycles. The van der Waals surface area contributed by atoms with E-state index in [-0.39, 0.29) is 17.9 Å². The molecule has 0 saturated heterocycles. The third-order valence-electron chi connectivity index (χ3n) is 2.54. The summed E-state index contributed by atoms with van der Waals surface area (Å²) in [5, 5.41) is 13.4. The lowest BCUT2D eigenvalue weighted by molar-refractivity contribution is -0.384. The summed E-state index contributed by atoms with van der Waals surface area (Å²) in [6.45, 7) is 0.213. The number of nitro benzene ring substituents is 1. The second-order valence-corrected chi connectivity index (χ2v) is 3.90. The highest BCUT2D eigenvalue weighted by molar-refractivity contribution is 5.46. The summed E-state index contributed by atoms with van der Waals surface area (Å²) in [5.74, 6) is -1.36. The Kier molecular flexibility index (Phi) is 3.70.